The zero-order chi connectivity index (χ0) is 20.7. The van der Waals surface area contributed by atoms with Gasteiger partial charge in [0.15, 0.2) is 11.3 Å². The summed E-state index contributed by atoms with van der Waals surface area (Å²) in [7, 11) is 1.44. The Balaban J connectivity index is 2.06. The van der Waals surface area contributed by atoms with Gasteiger partial charge in [0.05, 0.1) is 17.9 Å². The van der Waals surface area contributed by atoms with Crippen molar-refractivity contribution in [3.63, 3.8) is 0 Å². The average Bonchev–Trinajstić information content (AvgIpc) is 3.06. The number of alkyl halides is 3. The first-order valence-electron chi connectivity index (χ1n) is 7.76. The van der Waals surface area contributed by atoms with Crippen LogP contribution in [0.5, 0.6) is 5.75 Å². The van der Waals surface area contributed by atoms with Gasteiger partial charge >= 0.3 is 12.1 Å². The lowest BCUT2D eigenvalue weighted by Gasteiger charge is -2.15. The molecule has 0 fully saturated rings. The van der Waals surface area contributed by atoms with Gasteiger partial charge in [-0.15, -0.1) is 0 Å². The molecule has 1 aromatic carbocycles. The summed E-state index contributed by atoms with van der Waals surface area (Å²) in [5.74, 6) is -1.88. The number of hydrogen-bond donors (Lipinski definition) is 1. The van der Waals surface area contributed by atoms with Crippen LogP contribution in [0, 0.1) is 0 Å². The van der Waals surface area contributed by atoms with Crippen LogP contribution in [0.15, 0.2) is 39.4 Å². The highest BCUT2D eigenvalue weighted by molar-refractivity contribution is 9.10. The monoisotopic (exact) mass is 465 g/mol. The molecule has 0 aliphatic rings. The number of rotatable bonds is 8. The molecule has 0 atom stereocenters. The predicted octanol–water partition coefficient (Wildman–Crippen LogP) is 3.88. The molecule has 0 saturated heterocycles. The lowest BCUT2D eigenvalue weighted by atomic mass is 10.1. The largest absolute Gasteiger partial charge is 0.489 e. The Morgan fingerprint density at radius 3 is 2.54 bits per heavy atom. The van der Waals surface area contributed by atoms with Crippen molar-refractivity contribution in [1.82, 2.24) is 0 Å². The summed E-state index contributed by atoms with van der Waals surface area (Å²) < 4.78 is 58.9. The molecule has 2 rings (SSSR count). The van der Waals surface area contributed by atoms with Crippen LogP contribution in [-0.4, -0.2) is 38.8 Å². The number of carbonyl (C=O) groups excluding carboxylic acids is 2. The smallest absolute Gasteiger partial charge is 0.416 e. The number of methoxy groups -OCH3 is 1. The van der Waals surface area contributed by atoms with Gasteiger partial charge in [0, 0.05) is 7.11 Å². The first kappa shape index (κ1) is 21.8. The molecule has 28 heavy (non-hydrogen) atoms. The normalized spacial score (nSPS) is 11.2. The van der Waals surface area contributed by atoms with E-state index in [1.165, 1.54) is 19.2 Å². The summed E-state index contributed by atoms with van der Waals surface area (Å²) in [6.07, 6.45) is -4.61. The van der Waals surface area contributed by atoms with Crippen LogP contribution >= 0.6 is 15.9 Å². The van der Waals surface area contributed by atoms with Crippen molar-refractivity contribution >= 4 is 33.5 Å². The van der Waals surface area contributed by atoms with E-state index in [1.807, 2.05) is 0 Å². The second-order valence-electron chi connectivity index (χ2n) is 5.28. The molecule has 0 bridgehead atoms. The molecule has 11 heteroatoms. The van der Waals surface area contributed by atoms with E-state index in [0.29, 0.717) is 4.67 Å². The fourth-order valence-electron chi connectivity index (χ4n) is 1.98. The van der Waals surface area contributed by atoms with E-state index < -0.39 is 30.2 Å². The van der Waals surface area contributed by atoms with Crippen LogP contribution in [0.3, 0.4) is 0 Å². The van der Waals surface area contributed by atoms with Crippen LogP contribution < -0.4 is 10.1 Å². The minimum absolute atomic E-state index is 0.0136. The molecule has 0 radical (unpaired) electrons. The van der Waals surface area contributed by atoms with E-state index in [4.69, 9.17) is 18.6 Å². The molecule has 1 N–H and O–H groups in total. The zero-order valence-electron chi connectivity index (χ0n) is 14.5. The van der Waals surface area contributed by atoms with Gasteiger partial charge in [-0.1, -0.05) is 0 Å². The quantitative estimate of drug-likeness (QED) is 0.470. The van der Waals surface area contributed by atoms with Crippen molar-refractivity contribution in [2.75, 3.05) is 32.2 Å². The molecule has 1 aromatic heterocycles. The van der Waals surface area contributed by atoms with Gasteiger partial charge in [0.25, 0.3) is 5.91 Å². The Bertz CT molecular complexity index is 837. The van der Waals surface area contributed by atoms with Crippen LogP contribution in [0.25, 0.3) is 0 Å². The van der Waals surface area contributed by atoms with E-state index in [1.54, 1.807) is 0 Å². The number of nitrogens with one attached hydrogen (secondary N) is 1. The van der Waals surface area contributed by atoms with Crippen LogP contribution in [0.2, 0.25) is 0 Å². The Morgan fingerprint density at radius 2 is 1.93 bits per heavy atom. The standard InChI is InChI=1S/C17H15BrF3NO6/c1-25-6-7-26-12-3-2-10(17(19,20)21)8-11(12)22-15(23)9-27-16(24)13-4-5-14(18)28-13/h2-5,8H,6-7,9H2,1H3,(H,22,23). The highest BCUT2D eigenvalue weighted by Gasteiger charge is 2.31. The number of carbonyl (C=O) groups is 2. The van der Waals surface area contributed by atoms with Gasteiger partial charge in [-0.05, 0) is 46.3 Å². The molecule has 152 valence electrons. The molecule has 0 aliphatic carbocycles. The molecule has 1 amide bonds. The van der Waals surface area contributed by atoms with E-state index in [2.05, 4.69) is 21.2 Å². The first-order valence-corrected chi connectivity index (χ1v) is 8.55. The van der Waals surface area contributed by atoms with Crippen molar-refractivity contribution in [2.45, 2.75) is 6.18 Å². The third-order valence-electron chi connectivity index (χ3n) is 3.23. The number of halogens is 4. The maximum Gasteiger partial charge on any atom is 0.416 e. The van der Waals surface area contributed by atoms with Crippen molar-refractivity contribution in [3.8, 4) is 5.75 Å². The Kier molecular flexibility index (Phi) is 7.46. The molecule has 7 nitrogen and oxygen atoms in total. The molecular weight excluding hydrogens is 451 g/mol. The molecule has 0 spiro atoms. The highest BCUT2D eigenvalue weighted by Crippen LogP contribution is 2.35. The Morgan fingerprint density at radius 1 is 1.18 bits per heavy atom. The van der Waals surface area contributed by atoms with Gasteiger partial charge in [-0.25, -0.2) is 4.79 Å². The average molecular weight is 466 g/mol. The molecule has 0 unspecified atom stereocenters. The molecule has 1 heterocycles. The number of furan rings is 1. The number of anilines is 1. The predicted molar refractivity (Wildman–Crippen MR) is 94.1 cm³/mol. The van der Waals surface area contributed by atoms with Crippen molar-refractivity contribution in [2.24, 2.45) is 0 Å². The van der Waals surface area contributed by atoms with E-state index in [9.17, 15) is 22.8 Å². The molecule has 2 aromatic rings. The SMILES string of the molecule is COCCOc1ccc(C(F)(F)F)cc1NC(=O)COC(=O)c1ccc(Br)o1. The summed E-state index contributed by atoms with van der Waals surface area (Å²) in [6, 6.07) is 5.43. The lowest BCUT2D eigenvalue weighted by molar-refractivity contribution is -0.137. The number of ether oxygens (including phenoxy) is 3. The number of amides is 1. The van der Waals surface area contributed by atoms with Gasteiger partial charge in [0.1, 0.15) is 12.4 Å². The first-order chi connectivity index (χ1) is 13.2. The molecular formula is C17H15BrF3NO6. The van der Waals surface area contributed by atoms with E-state index in [0.717, 1.165) is 18.2 Å². The Labute approximate surface area is 165 Å². The second kappa shape index (κ2) is 9.60. The third kappa shape index (κ3) is 6.27. The fourth-order valence-corrected chi connectivity index (χ4v) is 2.28. The summed E-state index contributed by atoms with van der Waals surface area (Å²) in [5.41, 5.74) is -1.19. The van der Waals surface area contributed by atoms with Crippen LogP contribution in [0.4, 0.5) is 18.9 Å². The summed E-state index contributed by atoms with van der Waals surface area (Å²) in [4.78, 5) is 23.7. The zero-order valence-corrected chi connectivity index (χ0v) is 16.1. The molecule has 0 saturated carbocycles. The number of hydrogen-bond acceptors (Lipinski definition) is 6. The minimum atomic E-state index is -4.61. The molecule has 0 aliphatic heterocycles. The van der Waals surface area contributed by atoms with E-state index in [-0.39, 0.29) is 30.4 Å². The number of benzene rings is 1. The minimum Gasteiger partial charge on any atom is -0.489 e. The van der Waals surface area contributed by atoms with Crippen molar-refractivity contribution in [3.05, 3.63) is 46.3 Å². The second-order valence-corrected chi connectivity index (χ2v) is 6.06. The lowest BCUT2D eigenvalue weighted by Crippen LogP contribution is -2.21. The summed E-state index contributed by atoms with van der Waals surface area (Å²) in [6.45, 7) is -0.470. The van der Waals surface area contributed by atoms with Crippen LogP contribution in [0.1, 0.15) is 16.1 Å². The third-order valence-corrected chi connectivity index (χ3v) is 3.66. The van der Waals surface area contributed by atoms with Gasteiger partial charge in [-0.2, -0.15) is 13.2 Å². The topological polar surface area (TPSA) is 87.0 Å². The highest BCUT2D eigenvalue weighted by atomic mass is 79.9. The van der Waals surface area contributed by atoms with Gasteiger partial charge in [-0.3, -0.25) is 4.79 Å². The van der Waals surface area contributed by atoms with Crippen molar-refractivity contribution in [1.29, 1.82) is 0 Å². The van der Waals surface area contributed by atoms with Crippen molar-refractivity contribution < 1.29 is 41.4 Å². The van der Waals surface area contributed by atoms with Gasteiger partial charge in [0.2, 0.25) is 5.76 Å². The number of esters is 1. The fraction of sp³-hybridized carbons (Fsp3) is 0.294. The summed E-state index contributed by atoms with van der Waals surface area (Å²) in [5, 5.41) is 2.24. The van der Waals surface area contributed by atoms with Gasteiger partial charge < -0.3 is 23.9 Å². The maximum atomic E-state index is 12.9. The summed E-state index contributed by atoms with van der Waals surface area (Å²) >= 11 is 3.01. The maximum absolute atomic E-state index is 12.9. The van der Waals surface area contributed by atoms with E-state index >= 15 is 0 Å². The van der Waals surface area contributed by atoms with Crippen LogP contribution in [-0.2, 0) is 20.4 Å². The Hall–Kier alpha value is -2.53.